The standard InChI is InChI=1S/C12H19N3O2/c1-15(9-10-3-5-14-6-4-10)12(16)7-11(8-13)17-2/h3-6,11H,7-9,13H2,1-2H3. The molecule has 1 aromatic rings. The molecular weight excluding hydrogens is 218 g/mol. The molecule has 0 radical (unpaired) electrons. The van der Waals surface area contributed by atoms with Crippen molar-refractivity contribution in [1.29, 1.82) is 0 Å². The Bertz CT molecular complexity index is 339. The van der Waals surface area contributed by atoms with Crippen LogP contribution < -0.4 is 5.73 Å². The summed E-state index contributed by atoms with van der Waals surface area (Å²) in [5, 5.41) is 0. The van der Waals surface area contributed by atoms with Crippen molar-refractivity contribution in [3.05, 3.63) is 30.1 Å². The molecule has 2 N–H and O–H groups in total. The third-order valence-electron chi connectivity index (χ3n) is 2.59. The van der Waals surface area contributed by atoms with Crippen molar-refractivity contribution >= 4 is 5.91 Å². The van der Waals surface area contributed by atoms with E-state index in [1.807, 2.05) is 12.1 Å². The number of pyridine rings is 1. The lowest BCUT2D eigenvalue weighted by Gasteiger charge is -2.20. The van der Waals surface area contributed by atoms with Gasteiger partial charge in [-0.05, 0) is 17.7 Å². The van der Waals surface area contributed by atoms with Gasteiger partial charge >= 0.3 is 0 Å². The fourth-order valence-corrected chi connectivity index (χ4v) is 1.46. The molecular formula is C12H19N3O2. The van der Waals surface area contributed by atoms with Gasteiger partial charge in [0, 0.05) is 39.6 Å². The van der Waals surface area contributed by atoms with Gasteiger partial charge in [-0.2, -0.15) is 0 Å². The summed E-state index contributed by atoms with van der Waals surface area (Å²) in [4.78, 5) is 17.4. The highest BCUT2D eigenvalue weighted by atomic mass is 16.5. The predicted octanol–water partition coefficient (Wildman–Crippen LogP) is 0.404. The van der Waals surface area contributed by atoms with Crippen LogP contribution in [0, 0.1) is 0 Å². The molecule has 1 unspecified atom stereocenters. The minimum atomic E-state index is -0.206. The Balaban J connectivity index is 2.47. The average molecular weight is 237 g/mol. The molecule has 1 heterocycles. The van der Waals surface area contributed by atoms with Gasteiger partial charge in [-0.1, -0.05) is 0 Å². The number of hydrogen-bond acceptors (Lipinski definition) is 4. The van der Waals surface area contributed by atoms with E-state index in [4.69, 9.17) is 10.5 Å². The number of nitrogens with two attached hydrogens (primary N) is 1. The lowest BCUT2D eigenvalue weighted by Crippen LogP contribution is -2.33. The first-order valence-electron chi connectivity index (χ1n) is 5.53. The maximum Gasteiger partial charge on any atom is 0.225 e. The first-order chi connectivity index (χ1) is 8.17. The largest absolute Gasteiger partial charge is 0.380 e. The molecule has 0 spiro atoms. The van der Waals surface area contributed by atoms with Gasteiger partial charge in [0.25, 0.3) is 0 Å². The lowest BCUT2D eigenvalue weighted by atomic mass is 10.2. The highest BCUT2D eigenvalue weighted by Crippen LogP contribution is 2.05. The van der Waals surface area contributed by atoms with E-state index in [-0.39, 0.29) is 12.0 Å². The molecule has 1 amide bonds. The van der Waals surface area contributed by atoms with Crippen LogP contribution in [0.4, 0.5) is 0 Å². The molecule has 1 aromatic heterocycles. The highest BCUT2D eigenvalue weighted by molar-refractivity contribution is 5.76. The van der Waals surface area contributed by atoms with Gasteiger partial charge in [0.1, 0.15) is 0 Å². The van der Waals surface area contributed by atoms with Crippen molar-refractivity contribution in [2.75, 3.05) is 20.7 Å². The first-order valence-corrected chi connectivity index (χ1v) is 5.53. The summed E-state index contributed by atoms with van der Waals surface area (Å²) >= 11 is 0. The zero-order chi connectivity index (χ0) is 12.7. The van der Waals surface area contributed by atoms with E-state index in [1.54, 1.807) is 31.5 Å². The summed E-state index contributed by atoms with van der Waals surface area (Å²) in [6.07, 6.45) is 3.54. The van der Waals surface area contributed by atoms with Gasteiger partial charge in [-0.15, -0.1) is 0 Å². The summed E-state index contributed by atoms with van der Waals surface area (Å²) in [6, 6.07) is 3.78. The number of carbonyl (C=O) groups is 1. The van der Waals surface area contributed by atoms with Crippen LogP contribution in [-0.2, 0) is 16.1 Å². The van der Waals surface area contributed by atoms with Crippen LogP contribution in [0.2, 0.25) is 0 Å². The fourth-order valence-electron chi connectivity index (χ4n) is 1.46. The zero-order valence-electron chi connectivity index (χ0n) is 10.3. The van der Waals surface area contributed by atoms with E-state index in [0.29, 0.717) is 19.5 Å². The van der Waals surface area contributed by atoms with Gasteiger partial charge in [-0.3, -0.25) is 9.78 Å². The van der Waals surface area contributed by atoms with Gasteiger partial charge in [0.15, 0.2) is 0 Å². The Morgan fingerprint density at radius 1 is 1.53 bits per heavy atom. The molecule has 0 aromatic carbocycles. The Morgan fingerprint density at radius 2 is 2.18 bits per heavy atom. The number of methoxy groups -OCH3 is 1. The van der Waals surface area contributed by atoms with Crippen molar-refractivity contribution in [1.82, 2.24) is 9.88 Å². The summed E-state index contributed by atoms with van der Waals surface area (Å²) in [5.74, 6) is 0.0270. The minimum Gasteiger partial charge on any atom is -0.380 e. The molecule has 0 fully saturated rings. The topological polar surface area (TPSA) is 68.5 Å². The van der Waals surface area contributed by atoms with Gasteiger partial charge < -0.3 is 15.4 Å². The van der Waals surface area contributed by atoms with E-state index in [9.17, 15) is 4.79 Å². The maximum atomic E-state index is 11.9. The van der Waals surface area contributed by atoms with Crippen molar-refractivity contribution in [3.8, 4) is 0 Å². The van der Waals surface area contributed by atoms with Crippen molar-refractivity contribution < 1.29 is 9.53 Å². The second-order valence-electron chi connectivity index (χ2n) is 3.90. The van der Waals surface area contributed by atoms with E-state index >= 15 is 0 Å². The number of carbonyl (C=O) groups excluding carboxylic acids is 1. The van der Waals surface area contributed by atoms with Crippen LogP contribution in [0.5, 0.6) is 0 Å². The zero-order valence-corrected chi connectivity index (χ0v) is 10.3. The van der Waals surface area contributed by atoms with E-state index in [2.05, 4.69) is 4.98 Å². The van der Waals surface area contributed by atoms with E-state index in [0.717, 1.165) is 5.56 Å². The predicted molar refractivity (Wildman–Crippen MR) is 65.2 cm³/mol. The number of hydrogen-bond donors (Lipinski definition) is 1. The van der Waals surface area contributed by atoms with Gasteiger partial charge in [0.2, 0.25) is 5.91 Å². The van der Waals surface area contributed by atoms with E-state index < -0.39 is 0 Å². The second kappa shape index (κ2) is 6.98. The molecule has 5 nitrogen and oxygen atoms in total. The summed E-state index contributed by atoms with van der Waals surface area (Å²) in [5.41, 5.74) is 6.53. The Labute approximate surface area is 102 Å². The first kappa shape index (κ1) is 13.6. The fraction of sp³-hybridized carbons (Fsp3) is 0.500. The Kier molecular flexibility index (Phi) is 5.59. The number of aromatic nitrogens is 1. The van der Waals surface area contributed by atoms with Crippen LogP contribution in [0.3, 0.4) is 0 Å². The molecule has 1 atom stereocenters. The molecule has 0 aliphatic carbocycles. The van der Waals surface area contributed by atoms with Crippen molar-refractivity contribution in [2.24, 2.45) is 5.73 Å². The number of rotatable bonds is 6. The Morgan fingerprint density at radius 3 is 2.71 bits per heavy atom. The molecule has 5 heteroatoms. The van der Waals surface area contributed by atoms with Crippen molar-refractivity contribution in [3.63, 3.8) is 0 Å². The third kappa shape index (κ3) is 4.50. The van der Waals surface area contributed by atoms with Gasteiger partial charge in [-0.25, -0.2) is 0 Å². The molecule has 94 valence electrons. The minimum absolute atomic E-state index is 0.0270. The number of nitrogens with zero attached hydrogens (tertiary/aromatic N) is 2. The van der Waals surface area contributed by atoms with Crippen LogP contribution in [0.15, 0.2) is 24.5 Å². The maximum absolute atomic E-state index is 11.9. The molecule has 17 heavy (non-hydrogen) atoms. The third-order valence-corrected chi connectivity index (χ3v) is 2.59. The smallest absolute Gasteiger partial charge is 0.225 e. The number of ether oxygens (including phenoxy) is 1. The average Bonchev–Trinajstić information content (AvgIpc) is 2.36. The van der Waals surface area contributed by atoms with E-state index in [1.165, 1.54) is 0 Å². The van der Waals surface area contributed by atoms with Crippen molar-refractivity contribution in [2.45, 2.75) is 19.1 Å². The second-order valence-corrected chi connectivity index (χ2v) is 3.90. The summed E-state index contributed by atoms with van der Waals surface area (Å²) in [6.45, 7) is 0.924. The van der Waals surface area contributed by atoms with Crippen LogP contribution in [-0.4, -0.2) is 42.6 Å². The van der Waals surface area contributed by atoms with Crippen LogP contribution >= 0.6 is 0 Å². The summed E-state index contributed by atoms with van der Waals surface area (Å²) in [7, 11) is 3.33. The Hall–Kier alpha value is -1.46. The highest BCUT2D eigenvalue weighted by Gasteiger charge is 2.15. The summed E-state index contributed by atoms with van der Waals surface area (Å²) < 4.78 is 5.09. The quantitative estimate of drug-likeness (QED) is 0.777. The molecule has 0 aliphatic heterocycles. The molecule has 0 saturated heterocycles. The lowest BCUT2D eigenvalue weighted by molar-refractivity contribution is -0.132. The monoisotopic (exact) mass is 237 g/mol. The molecule has 0 aliphatic rings. The molecule has 0 bridgehead atoms. The number of amides is 1. The SMILES string of the molecule is COC(CN)CC(=O)N(C)Cc1ccncc1. The van der Waals surface area contributed by atoms with Crippen LogP contribution in [0.25, 0.3) is 0 Å². The van der Waals surface area contributed by atoms with Gasteiger partial charge in [0.05, 0.1) is 12.5 Å². The van der Waals surface area contributed by atoms with Crippen LogP contribution in [0.1, 0.15) is 12.0 Å². The normalized spacial score (nSPS) is 12.2. The molecule has 1 rings (SSSR count). The molecule has 0 saturated carbocycles.